The van der Waals surface area contributed by atoms with Crippen LogP contribution in [0.25, 0.3) is 0 Å². The first kappa shape index (κ1) is 21.3. The Morgan fingerprint density at radius 3 is 2.47 bits per heavy atom. The number of carbonyl (C=O) groups is 2. The number of hydrogen-bond acceptors (Lipinski definition) is 4. The van der Waals surface area contributed by atoms with Crippen LogP contribution in [0.2, 0.25) is 0 Å². The van der Waals surface area contributed by atoms with Gasteiger partial charge in [-0.15, -0.1) is 0 Å². The van der Waals surface area contributed by atoms with Gasteiger partial charge in [0.25, 0.3) is 5.91 Å². The maximum atomic E-state index is 14.0. The molecule has 1 atom stereocenters. The second-order valence-corrected chi connectivity index (χ2v) is 7.47. The highest BCUT2D eigenvalue weighted by Gasteiger charge is 2.45. The summed E-state index contributed by atoms with van der Waals surface area (Å²) < 4.78 is 19.4. The van der Waals surface area contributed by atoms with E-state index in [1.54, 1.807) is 30.3 Å². The minimum Gasteiger partial charge on any atom is -0.503 e. The van der Waals surface area contributed by atoms with Gasteiger partial charge in [-0.3, -0.25) is 14.5 Å². The van der Waals surface area contributed by atoms with E-state index in [1.165, 1.54) is 30.2 Å². The van der Waals surface area contributed by atoms with Crippen molar-refractivity contribution in [3.8, 4) is 5.75 Å². The molecular weight excluding hydrogens is 409 g/mol. The van der Waals surface area contributed by atoms with Crippen LogP contribution >= 0.6 is 0 Å². The third-order valence-electron chi connectivity index (χ3n) is 5.51. The lowest BCUT2D eigenvalue weighted by atomic mass is 9.92. The van der Waals surface area contributed by atoms with Crippen molar-refractivity contribution in [3.05, 3.63) is 107 Å². The van der Waals surface area contributed by atoms with Crippen molar-refractivity contribution in [2.75, 3.05) is 12.0 Å². The number of aliphatic hydroxyl groups excluding tert-OH is 1. The van der Waals surface area contributed by atoms with Crippen LogP contribution < -0.4 is 9.64 Å². The monoisotopic (exact) mass is 431 g/mol. The minimum atomic E-state index is -0.941. The number of carbonyl (C=O) groups excluding carboxylic acids is 2. The molecule has 0 saturated carbocycles. The lowest BCUT2D eigenvalue weighted by Gasteiger charge is -2.28. The zero-order valence-corrected chi connectivity index (χ0v) is 17.5. The molecule has 1 aliphatic heterocycles. The Morgan fingerprint density at radius 2 is 1.75 bits per heavy atom. The number of ketones is 1. The molecule has 0 saturated heterocycles. The largest absolute Gasteiger partial charge is 0.503 e. The van der Waals surface area contributed by atoms with Gasteiger partial charge in [-0.25, -0.2) is 4.39 Å². The van der Waals surface area contributed by atoms with E-state index in [1.807, 2.05) is 30.3 Å². The third kappa shape index (κ3) is 3.99. The molecule has 1 amide bonds. The van der Waals surface area contributed by atoms with Gasteiger partial charge in [0.1, 0.15) is 11.6 Å². The Balaban J connectivity index is 1.77. The van der Waals surface area contributed by atoms with Gasteiger partial charge >= 0.3 is 0 Å². The van der Waals surface area contributed by atoms with Crippen molar-refractivity contribution in [2.24, 2.45) is 0 Å². The van der Waals surface area contributed by atoms with Crippen LogP contribution in [-0.4, -0.2) is 23.9 Å². The van der Waals surface area contributed by atoms with Crippen LogP contribution in [0.5, 0.6) is 5.75 Å². The van der Waals surface area contributed by atoms with Gasteiger partial charge in [-0.2, -0.15) is 0 Å². The predicted molar refractivity (Wildman–Crippen MR) is 119 cm³/mol. The van der Waals surface area contributed by atoms with Crippen molar-refractivity contribution in [2.45, 2.75) is 18.9 Å². The highest BCUT2D eigenvalue weighted by Crippen LogP contribution is 2.44. The average molecular weight is 431 g/mol. The van der Waals surface area contributed by atoms with Gasteiger partial charge in [0.05, 0.1) is 18.7 Å². The third-order valence-corrected chi connectivity index (χ3v) is 5.51. The van der Waals surface area contributed by atoms with Gasteiger partial charge in [-0.1, -0.05) is 54.6 Å². The zero-order valence-electron chi connectivity index (χ0n) is 17.5. The van der Waals surface area contributed by atoms with Crippen LogP contribution in [0.4, 0.5) is 10.1 Å². The van der Waals surface area contributed by atoms with E-state index in [2.05, 4.69) is 0 Å². The second kappa shape index (κ2) is 9.06. The molecule has 0 radical (unpaired) electrons. The lowest BCUT2D eigenvalue weighted by Crippen LogP contribution is -2.31. The summed E-state index contributed by atoms with van der Waals surface area (Å²) in [6.07, 6.45) is 0.572. The molecule has 1 heterocycles. The van der Waals surface area contributed by atoms with E-state index in [-0.39, 0.29) is 23.5 Å². The molecule has 0 fully saturated rings. The van der Waals surface area contributed by atoms with E-state index in [4.69, 9.17) is 4.74 Å². The molecule has 3 aromatic carbocycles. The quantitative estimate of drug-likeness (QED) is 0.576. The molecule has 4 rings (SSSR count). The number of methoxy groups -OCH3 is 1. The number of aliphatic hydroxyl groups is 1. The number of Topliss-reactive ketones (excluding diaryl/α,β-unsaturated/α-hetero) is 1. The molecule has 0 aromatic heterocycles. The second-order valence-electron chi connectivity index (χ2n) is 7.47. The molecule has 32 heavy (non-hydrogen) atoms. The number of amides is 1. The van der Waals surface area contributed by atoms with Crippen molar-refractivity contribution in [1.82, 2.24) is 0 Å². The number of aryl methyl sites for hydroxylation is 1. The van der Waals surface area contributed by atoms with Gasteiger partial charge in [0.2, 0.25) is 0 Å². The topological polar surface area (TPSA) is 66.8 Å². The van der Waals surface area contributed by atoms with Gasteiger partial charge < -0.3 is 9.84 Å². The Kier molecular flexibility index (Phi) is 6.03. The maximum absolute atomic E-state index is 14.0. The summed E-state index contributed by atoms with van der Waals surface area (Å²) >= 11 is 0. The fourth-order valence-corrected chi connectivity index (χ4v) is 4.01. The van der Waals surface area contributed by atoms with Crippen LogP contribution in [0.15, 0.2) is 90.2 Å². The molecule has 1 N–H and O–H groups in total. The summed E-state index contributed by atoms with van der Waals surface area (Å²) in [6, 6.07) is 21.0. The standard InChI is InChI=1S/C26H22FNO4/c1-32-22-13-6-5-12-20(22)24-23(21(29)15-14-17-8-3-2-4-9-17)25(30)26(31)28(24)19-11-7-10-18(27)16-19/h2-13,16,24,30H,14-15H2,1H3. The summed E-state index contributed by atoms with van der Waals surface area (Å²) in [6.45, 7) is 0. The van der Waals surface area contributed by atoms with Gasteiger partial charge in [0, 0.05) is 17.7 Å². The molecule has 1 unspecified atom stereocenters. The Labute approximate surface area is 185 Å². The number of nitrogens with zero attached hydrogens (tertiary/aromatic N) is 1. The molecular formula is C26H22FNO4. The first-order chi connectivity index (χ1) is 15.5. The highest BCUT2D eigenvalue weighted by molar-refractivity contribution is 6.16. The van der Waals surface area contributed by atoms with Gasteiger partial charge in [-0.05, 0) is 36.2 Å². The summed E-state index contributed by atoms with van der Waals surface area (Å²) in [7, 11) is 1.49. The summed E-state index contributed by atoms with van der Waals surface area (Å²) in [5.41, 5.74) is 1.73. The summed E-state index contributed by atoms with van der Waals surface area (Å²) in [5.74, 6) is -1.81. The molecule has 1 aliphatic rings. The predicted octanol–water partition coefficient (Wildman–Crippen LogP) is 4.94. The van der Waals surface area contributed by atoms with Crippen molar-refractivity contribution in [3.63, 3.8) is 0 Å². The number of para-hydroxylation sites is 1. The SMILES string of the molecule is COc1ccccc1C1C(C(=O)CCc2ccccc2)=C(O)C(=O)N1c1cccc(F)c1. The molecule has 6 heteroatoms. The molecule has 0 bridgehead atoms. The fraction of sp³-hybridized carbons (Fsp3) is 0.154. The van der Waals surface area contributed by atoms with Gasteiger partial charge in [0.15, 0.2) is 11.5 Å². The Bertz CT molecular complexity index is 1190. The first-order valence-corrected chi connectivity index (χ1v) is 10.2. The molecule has 0 spiro atoms. The van der Waals surface area contributed by atoms with Crippen LogP contribution in [0.3, 0.4) is 0 Å². The van der Waals surface area contributed by atoms with Crippen LogP contribution in [0.1, 0.15) is 23.6 Å². The van der Waals surface area contributed by atoms with Crippen LogP contribution in [0, 0.1) is 5.82 Å². The number of ether oxygens (including phenoxy) is 1. The average Bonchev–Trinajstić information content (AvgIpc) is 3.08. The number of hydrogen-bond donors (Lipinski definition) is 1. The van der Waals surface area contributed by atoms with E-state index in [0.717, 1.165) is 5.56 Å². The molecule has 3 aromatic rings. The number of benzene rings is 3. The number of anilines is 1. The Morgan fingerprint density at radius 1 is 1.03 bits per heavy atom. The maximum Gasteiger partial charge on any atom is 0.294 e. The van der Waals surface area contributed by atoms with Crippen molar-refractivity contribution in [1.29, 1.82) is 0 Å². The fourth-order valence-electron chi connectivity index (χ4n) is 4.01. The number of rotatable bonds is 7. The zero-order chi connectivity index (χ0) is 22.7. The number of halogens is 1. The molecule has 0 aliphatic carbocycles. The van der Waals surface area contributed by atoms with E-state index >= 15 is 0 Å². The summed E-state index contributed by atoms with van der Waals surface area (Å²) in [4.78, 5) is 27.6. The van der Waals surface area contributed by atoms with Crippen molar-refractivity contribution < 1.29 is 23.8 Å². The van der Waals surface area contributed by atoms with E-state index in [9.17, 15) is 19.1 Å². The Hall–Kier alpha value is -3.93. The normalized spacial score (nSPS) is 15.9. The summed E-state index contributed by atoms with van der Waals surface area (Å²) in [5, 5.41) is 10.8. The lowest BCUT2D eigenvalue weighted by molar-refractivity contribution is -0.118. The smallest absolute Gasteiger partial charge is 0.294 e. The first-order valence-electron chi connectivity index (χ1n) is 10.2. The van der Waals surface area contributed by atoms with E-state index < -0.39 is 23.5 Å². The molecule has 162 valence electrons. The minimum absolute atomic E-state index is 0.0142. The van der Waals surface area contributed by atoms with Crippen molar-refractivity contribution >= 4 is 17.4 Å². The van der Waals surface area contributed by atoms with E-state index in [0.29, 0.717) is 17.7 Å². The molecule has 5 nitrogen and oxygen atoms in total. The highest BCUT2D eigenvalue weighted by atomic mass is 19.1. The van der Waals surface area contributed by atoms with Crippen LogP contribution in [-0.2, 0) is 16.0 Å².